The quantitative estimate of drug-likeness (QED) is 0.826. The second-order valence-corrected chi connectivity index (χ2v) is 4.91. The number of aryl methyl sites for hydroxylation is 2. The second-order valence-electron chi connectivity index (χ2n) is 4.91. The van der Waals surface area contributed by atoms with Crippen LogP contribution in [0.5, 0.6) is 5.75 Å². The highest BCUT2D eigenvalue weighted by molar-refractivity contribution is 5.89. The molecule has 0 bridgehead atoms. The number of nitrogens with one attached hydrogen (secondary N) is 2. The number of amides is 2. The van der Waals surface area contributed by atoms with E-state index in [9.17, 15) is 4.79 Å². The van der Waals surface area contributed by atoms with Gasteiger partial charge in [0.2, 0.25) is 0 Å². The average molecular weight is 284 g/mol. The van der Waals surface area contributed by atoms with Crippen LogP contribution in [0.3, 0.4) is 0 Å². The molecule has 0 aliphatic carbocycles. The first-order valence-electron chi connectivity index (χ1n) is 6.94. The van der Waals surface area contributed by atoms with E-state index < -0.39 is 0 Å². The van der Waals surface area contributed by atoms with Crippen LogP contribution in [-0.4, -0.2) is 19.2 Å². The number of rotatable bonds is 5. The maximum Gasteiger partial charge on any atom is 0.319 e. The lowest BCUT2D eigenvalue weighted by Gasteiger charge is -2.09. The molecule has 2 aromatic rings. The number of hydrogen-bond acceptors (Lipinski definition) is 2. The first-order chi connectivity index (χ1) is 10.1. The molecular formula is C17H20N2O2. The first-order valence-corrected chi connectivity index (χ1v) is 6.94. The summed E-state index contributed by atoms with van der Waals surface area (Å²) in [6.45, 7) is 4.91. The Balaban J connectivity index is 1.68. The average Bonchev–Trinajstić information content (AvgIpc) is 2.46. The van der Waals surface area contributed by atoms with Crippen LogP contribution in [0.2, 0.25) is 0 Å². The zero-order chi connectivity index (χ0) is 15.1. The molecule has 0 spiro atoms. The summed E-state index contributed by atoms with van der Waals surface area (Å²) in [5.41, 5.74) is 3.09. The Hall–Kier alpha value is -2.49. The minimum atomic E-state index is -0.230. The van der Waals surface area contributed by atoms with Crippen LogP contribution in [0.15, 0.2) is 48.5 Å². The Morgan fingerprint density at radius 2 is 1.81 bits per heavy atom. The molecule has 0 atom stereocenters. The molecule has 4 heteroatoms. The van der Waals surface area contributed by atoms with E-state index in [2.05, 4.69) is 10.6 Å². The number of urea groups is 1. The third kappa shape index (κ3) is 5.18. The molecule has 0 radical (unpaired) electrons. The number of carbonyl (C=O) groups is 1. The van der Waals surface area contributed by atoms with Gasteiger partial charge in [-0.3, -0.25) is 0 Å². The number of ether oxygens (including phenoxy) is 1. The van der Waals surface area contributed by atoms with Crippen LogP contribution in [0, 0.1) is 13.8 Å². The van der Waals surface area contributed by atoms with Crippen molar-refractivity contribution < 1.29 is 9.53 Å². The van der Waals surface area contributed by atoms with Crippen molar-refractivity contribution in [2.45, 2.75) is 13.8 Å². The van der Waals surface area contributed by atoms with Gasteiger partial charge in [0.25, 0.3) is 0 Å². The second kappa shape index (κ2) is 7.33. The zero-order valence-corrected chi connectivity index (χ0v) is 12.3. The van der Waals surface area contributed by atoms with Gasteiger partial charge in [-0.25, -0.2) is 4.79 Å². The Morgan fingerprint density at radius 1 is 1.05 bits per heavy atom. The lowest BCUT2D eigenvalue weighted by molar-refractivity contribution is 0.247. The molecule has 0 saturated heterocycles. The molecule has 0 saturated carbocycles. The summed E-state index contributed by atoms with van der Waals surface area (Å²) in [4.78, 5) is 11.7. The lowest BCUT2D eigenvalue weighted by atomic mass is 10.2. The van der Waals surface area contributed by atoms with E-state index in [1.807, 2.05) is 62.4 Å². The van der Waals surface area contributed by atoms with Gasteiger partial charge < -0.3 is 15.4 Å². The monoisotopic (exact) mass is 284 g/mol. The Bertz CT molecular complexity index is 594. The molecule has 21 heavy (non-hydrogen) atoms. The van der Waals surface area contributed by atoms with Crippen molar-refractivity contribution in [2.24, 2.45) is 0 Å². The largest absolute Gasteiger partial charge is 0.492 e. The molecule has 2 rings (SSSR count). The Kier molecular flexibility index (Phi) is 5.21. The molecule has 2 amide bonds. The molecule has 0 heterocycles. The Morgan fingerprint density at radius 3 is 2.52 bits per heavy atom. The fraction of sp³-hybridized carbons (Fsp3) is 0.235. The maximum atomic E-state index is 11.7. The number of carbonyl (C=O) groups excluding carboxylic acids is 1. The van der Waals surface area contributed by atoms with Crippen LogP contribution in [0.1, 0.15) is 11.1 Å². The Labute approximate surface area is 125 Å². The summed E-state index contributed by atoms with van der Waals surface area (Å²) in [6, 6.07) is 15.3. The van der Waals surface area contributed by atoms with E-state index in [0.29, 0.717) is 13.2 Å². The summed E-state index contributed by atoms with van der Waals surface area (Å²) in [7, 11) is 0. The number of benzene rings is 2. The van der Waals surface area contributed by atoms with Gasteiger partial charge in [-0.2, -0.15) is 0 Å². The normalized spacial score (nSPS) is 10.0. The topological polar surface area (TPSA) is 50.4 Å². The van der Waals surface area contributed by atoms with E-state index in [1.54, 1.807) is 0 Å². The van der Waals surface area contributed by atoms with E-state index >= 15 is 0 Å². The predicted molar refractivity (Wildman–Crippen MR) is 84.9 cm³/mol. The van der Waals surface area contributed by atoms with Crippen molar-refractivity contribution >= 4 is 11.7 Å². The highest BCUT2D eigenvalue weighted by atomic mass is 16.5. The van der Waals surface area contributed by atoms with Gasteiger partial charge in [0.05, 0.1) is 6.54 Å². The van der Waals surface area contributed by atoms with Gasteiger partial charge in [0.15, 0.2) is 0 Å². The van der Waals surface area contributed by atoms with Crippen molar-refractivity contribution in [1.82, 2.24) is 5.32 Å². The third-order valence-corrected chi connectivity index (χ3v) is 2.96. The molecular weight excluding hydrogens is 264 g/mol. The molecule has 110 valence electrons. The molecule has 0 fully saturated rings. The molecule has 0 aliphatic heterocycles. The van der Waals surface area contributed by atoms with E-state index in [1.165, 1.54) is 0 Å². The van der Waals surface area contributed by atoms with Crippen molar-refractivity contribution in [3.63, 3.8) is 0 Å². The highest BCUT2D eigenvalue weighted by Crippen LogP contribution is 2.11. The third-order valence-electron chi connectivity index (χ3n) is 2.96. The summed E-state index contributed by atoms with van der Waals surface area (Å²) < 4.78 is 5.56. The van der Waals surface area contributed by atoms with Crippen molar-refractivity contribution in [3.05, 3.63) is 59.7 Å². The van der Waals surface area contributed by atoms with E-state index in [-0.39, 0.29) is 6.03 Å². The summed E-state index contributed by atoms with van der Waals surface area (Å²) in [5.74, 6) is 0.816. The van der Waals surface area contributed by atoms with E-state index in [4.69, 9.17) is 4.74 Å². The maximum absolute atomic E-state index is 11.7. The van der Waals surface area contributed by atoms with E-state index in [0.717, 1.165) is 22.6 Å². The smallest absolute Gasteiger partial charge is 0.319 e. The molecule has 2 aromatic carbocycles. The standard InChI is InChI=1S/C17H20N2O2/c1-13-6-8-15(9-7-13)19-17(20)18-10-11-21-16-5-3-4-14(2)12-16/h3-9,12H,10-11H2,1-2H3,(H2,18,19,20). The number of hydrogen-bond donors (Lipinski definition) is 2. The first kappa shape index (κ1) is 14.9. The molecule has 0 aromatic heterocycles. The summed E-state index contributed by atoms with van der Waals surface area (Å²) in [6.07, 6.45) is 0. The van der Waals surface area contributed by atoms with Gasteiger partial charge in [0.1, 0.15) is 12.4 Å². The number of anilines is 1. The lowest BCUT2D eigenvalue weighted by Crippen LogP contribution is -2.32. The molecule has 0 unspecified atom stereocenters. The van der Waals surface area contributed by atoms with Gasteiger partial charge in [-0.15, -0.1) is 0 Å². The minimum absolute atomic E-state index is 0.230. The van der Waals surface area contributed by atoms with Crippen LogP contribution in [0.4, 0.5) is 10.5 Å². The van der Waals surface area contributed by atoms with Crippen LogP contribution in [-0.2, 0) is 0 Å². The van der Waals surface area contributed by atoms with Crippen molar-refractivity contribution in [3.8, 4) is 5.75 Å². The SMILES string of the molecule is Cc1ccc(NC(=O)NCCOc2cccc(C)c2)cc1. The minimum Gasteiger partial charge on any atom is -0.492 e. The van der Waals surface area contributed by atoms with Crippen LogP contribution in [0.25, 0.3) is 0 Å². The highest BCUT2D eigenvalue weighted by Gasteiger charge is 2.01. The van der Waals surface area contributed by atoms with Crippen LogP contribution >= 0.6 is 0 Å². The fourth-order valence-electron chi connectivity index (χ4n) is 1.85. The molecule has 4 nitrogen and oxygen atoms in total. The van der Waals surface area contributed by atoms with Gasteiger partial charge in [-0.1, -0.05) is 29.8 Å². The summed E-state index contributed by atoms with van der Waals surface area (Å²) >= 11 is 0. The van der Waals surface area contributed by atoms with Crippen molar-refractivity contribution in [1.29, 1.82) is 0 Å². The van der Waals surface area contributed by atoms with Gasteiger partial charge in [0, 0.05) is 5.69 Å². The molecule has 0 aliphatic rings. The van der Waals surface area contributed by atoms with Gasteiger partial charge in [-0.05, 0) is 43.7 Å². The molecule has 2 N–H and O–H groups in total. The van der Waals surface area contributed by atoms with Crippen molar-refractivity contribution in [2.75, 3.05) is 18.5 Å². The fourth-order valence-corrected chi connectivity index (χ4v) is 1.85. The van der Waals surface area contributed by atoms with Crippen LogP contribution < -0.4 is 15.4 Å². The predicted octanol–water partition coefficient (Wildman–Crippen LogP) is 3.50. The summed E-state index contributed by atoms with van der Waals surface area (Å²) in [5, 5.41) is 5.53. The van der Waals surface area contributed by atoms with Gasteiger partial charge >= 0.3 is 6.03 Å². The zero-order valence-electron chi connectivity index (χ0n) is 12.3.